The second-order valence-electron chi connectivity index (χ2n) is 3.61. The zero-order valence-electron chi connectivity index (χ0n) is 7.81. The van der Waals surface area contributed by atoms with Crippen LogP contribution in [-0.2, 0) is 13.1 Å². The summed E-state index contributed by atoms with van der Waals surface area (Å²) in [5.74, 6) is 0. The van der Waals surface area contributed by atoms with Gasteiger partial charge in [0, 0.05) is 0 Å². The summed E-state index contributed by atoms with van der Waals surface area (Å²) in [5.41, 5.74) is 4.47. The Morgan fingerprint density at radius 2 is 1.57 bits per heavy atom. The first-order valence-corrected chi connectivity index (χ1v) is 6.75. The molecule has 0 atom stereocenters. The van der Waals surface area contributed by atoms with Crippen molar-refractivity contribution in [2.24, 2.45) is 0 Å². The van der Waals surface area contributed by atoms with Gasteiger partial charge in [0.05, 0.1) is 0 Å². The summed E-state index contributed by atoms with van der Waals surface area (Å²) < 4.78 is 0. The van der Waals surface area contributed by atoms with Crippen LogP contribution in [0.2, 0.25) is 0 Å². The zero-order chi connectivity index (χ0) is 9.38. The van der Waals surface area contributed by atoms with Crippen molar-refractivity contribution in [1.82, 2.24) is 0 Å². The van der Waals surface area contributed by atoms with Gasteiger partial charge in [0.2, 0.25) is 0 Å². The number of hydrogen-bond acceptors (Lipinski definition) is 1. The zero-order valence-corrected chi connectivity index (χ0v) is 9.52. The van der Waals surface area contributed by atoms with Gasteiger partial charge < -0.3 is 0 Å². The normalized spacial score (nSPS) is 14.4. The molecule has 0 aliphatic carbocycles. The maximum atomic E-state index is 2.44. The van der Waals surface area contributed by atoms with Gasteiger partial charge >= 0.3 is 89.5 Å². The summed E-state index contributed by atoms with van der Waals surface area (Å²) in [5, 5.41) is 0. The fourth-order valence-corrected chi connectivity index (χ4v) is 3.70. The predicted octanol–water partition coefficient (Wildman–Crippen LogP) is 2.26. The molecule has 1 aromatic carbocycles. The van der Waals surface area contributed by atoms with Gasteiger partial charge in [-0.1, -0.05) is 0 Å². The predicted molar refractivity (Wildman–Crippen MR) is 59.7 cm³/mol. The summed E-state index contributed by atoms with van der Waals surface area (Å²) in [6.45, 7) is 2.22. The van der Waals surface area contributed by atoms with E-state index in [9.17, 15) is 0 Å². The van der Waals surface area contributed by atoms with Gasteiger partial charge in [0.15, 0.2) is 0 Å². The van der Waals surface area contributed by atoms with Crippen molar-refractivity contribution < 1.29 is 0 Å². The van der Waals surface area contributed by atoms with Gasteiger partial charge in [0.25, 0.3) is 0 Å². The van der Waals surface area contributed by atoms with E-state index in [1.165, 1.54) is 5.69 Å². The molecule has 0 saturated heterocycles. The van der Waals surface area contributed by atoms with Crippen LogP contribution >= 0.6 is 0 Å². The maximum absolute atomic E-state index is 2.44. The van der Waals surface area contributed by atoms with Crippen LogP contribution in [0.4, 0.5) is 5.69 Å². The average Bonchev–Trinajstić information content (AvgIpc) is 2.78. The second-order valence-corrected chi connectivity index (χ2v) is 5.17. The van der Waals surface area contributed by atoms with Gasteiger partial charge in [-0.05, 0) is 0 Å². The van der Waals surface area contributed by atoms with E-state index in [1.807, 2.05) is 0 Å². The van der Waals surface area contributed by atoms with Gasteiger partial charge in [-0.2, -0.15) is 0 Å². The minimum absolute atomic E-state index is 0.646. The minimum atomic E-state index is 0.646. The van der Waals surface area contributed by atoms with Crippen LogP contribution in [0.25, 0.3) is 0 Å². The first-order chi connectivity index (χ1) is 6.93. The Morgan fingerprint density at radius 1 is 0.929 bits per heavy atom. The summed E-state index contributed by atoms with van der Waals surface area (Å²) in [6, 6.07) is 10.7. The molecule has 1 aliphatic heterocycles. The van der Waals surface area contributed by atoms with Crippen molar-refractivity contribution >= 4 is 20.2 Å². The third kappa shape index (κ3) is 1.31. The number of hydrogen-bond donors (Lipinski definition) is 0. The quantitative estimate of drug-likeness (QED) is 0.700. The fraction of sp³-hybridized carbons (Fsp3) is 0.167. The third-order valence-electron chi connectivity index (χ3n) is 2.68. The van der Waals surface area contributed by atoms with E-state index >= 15 is 0 Å². The molecule has 70 valence electrons. The van der Waals surface area contributed by atoms with Crippen LogP contribution < -0.4 is 4.90 Å². The molecular formula is C12H11NSe. The topological polar surface area (TPSA) is 3.24 Å². The molecule has 14 heavy (non-hydrogen) atoms. The fourth-order valence-electron chi connectivity index (χ4n) is 1.92. The number of nitrogens with zero attached hydrogens (tertiary/aromatic N) is 1. The van der Waals surface area contributed by atoms with Gasteiger partial charge in [-0.25, -0.2) is 0 Å². The van der Waals surface area contributed by atoms with E-state index in [1.54, 1.807) is 11.1 Å². The summed E-state index contributed by atoms with van der Waals surface area (Å²) in [7, 11) is 0. The standard InChI is InChI=1S/C12H11NSe/c1-2-4-12(5-3-1)13-6-10-8-14-9-11(10)7-13/h1-5,8-9H,6-7H2. The number of benzene rings is 1. The molecule has 3 rings (SSSR count). The molecule has 0 unspecified atom stereocenters. The van der Waals surface area contributed by atoms with Crippen LogP contribution in [0.1, 0.15) is 11.1 Å². The molecule has 2 heteroatoms. The summed E-state index contributed by atoms with van der Waals surface area (Å²) in [6.07, 6.45) is 0. The molecule has 2 heterocycles. The number of anilines is 1. The van der Waals surface area contributed by atoms with Crippen molar-refractivity contribution in [2.45, 2.75) is 13.1 Å². The van der Waals surface area contributed by atoms with E-state index in [-0.39, 0.29) is 0 Å². The summed E-state index contributed by atoms with van der Waals surface area (Å²) in [4.78, 5) is 7.25. The number of para-hydroxylation sites is 1. The van der Waals surface area contributed by atoms with Crippen LogP contribution in [0.3, 0.4) is 0 Å². The van der Waals surface area contributed by atoms with Crippen molar-refractivity contribution in [3.63, 3.8) is 0 Å². The van der Waals surface area contributed by atoms with Crippen LogP contribution in [-0.4, -0.2) is 14.5 Å². The van der Waals surface area contributed by atoms with Crippen molar-refractivity contribution in [2.75, 3.05) is 4.90 Å². The first kappa shape index (κ1) is 8.34. The SMILES string of the molecule is c1ccc(N2Cc3c[se]cc3C2)cc1. The Bertz CT molecular complexity index is 412. The van der Waals surface area contributed by atoms with Gasteiger partial charge in [0.1, 0.15) is 0 Å². The molecule has 1 aliphatic rings. The summed E-state index contributed by atoms with van der Waals surface area (Å²) >= 11 is 0.646. The van der Waals surface area contributed by atoms with E-state index in [4.69, 9.17) is 0 Å². The molecule has 0 radical (unpaired) electrons. The van der Waals surface area contributed by atoms with Crippen molar-refractivity contribution in [3.05, 3.63) is 51.3 Å². The Balaban J connectivity index is 1.89. The molecule has 0 amide bonds. The van der Waals surface area contributed by atoms with Crippen LogP contribution in [0.5, 0.6) is 0 Å². The molecule has 0 fully saturated rings. The molecule has 1 nitrogen and oxygen atoms in total. The van der Waals surface area contributed by atoms with E-state index in [2.05, 4.69) is 45.1 Å². The molecule has 0 saturated carbocycles. The Kier molecular flexibility index (Phi) is 1.97. The van der Waals surface area contributed by atoms with Gasteiger partial charge in [-0.3, -0.25) is 0 Å². The Hall–Kier alpha value is -0.981. The average molecular weight is 248 g/mol. The first-order valence-electron chi connectivity index (χ1n) is 4.77. The third-order valence-corrected chi connectivity index (χ3v) is 4.44. The van der Waals surface area contributed by atoms with Crippen molar-refractivity contribution in [1.29, 1.82) is 0 Å². The molecule has 0 spiro atoms. The molecule has 2 aromatic rings. The van der Waals surface area contributed by atoms with E-state index in [0.29, 0.717) is 14.5 Å². The Morgan fingerprint density at radius 3 is 2.21 bits per heavy atom. The van der Waals surface area contributed by atoms with Crippen LogP contribution in [0, 0.1) is 0 Å². The number of fused-ring (bicyclic) bond motifs is 1. The van der Waals surface area contributed by atoms with E-state index < -0.39 is 0 Å². The molecule has 0 N–H and O–H groups in total. The van der Waals surface area contributed by atoms with E-state index in [0.717, 1.165) is 13.1 Å². The molecule has 1 aromatic heterocycles. The molecule has 0 bridgehead atoms. The van der Waals surface area contributed by atoms with Gasteiger partial charge in [-0.15, -0.1) is 0 Å². The van der Waals surface area contributed by atoms with Crippen molar-refractivity contribution in [3.8, 4) is 0 Å². The second kappa shape index (κ2) is 3.30. The number of rotatable bonds is 1. The molecular weight excluding hydrogens is 237 g/mol. The van der Waals surface area contributed by atoms with Crippen LogP contribution in [0.15, 0.2) is 40.2 Å². The Labute approximate surface area is 89.7 Å². The monoisotopic (exact) mass is 249 g/mol.